The van der Waals surface area contributed by atoms with Crippen LogP contribution in [0.2, 0.25) is 10.0 Å². The Bertz CT molecular complexity index is 1130. The monoisotopic (exact) mass is 486 g/mol. The lowest BCUT2D eigenvalue weighted by Gasteiger charge is -2.33. The lowest BCUT2D eigenvalue weighted by molar-refractivity contribution is -0.135. The van der Waals surface area contributed by atoms with Gasteiger partial charge < -0.3 is 10.4 Å². The number of carbonyl (C=O) groups excluding carboxylic acids is 2. The number of nitrogens with one attached hydrogen (secondary N) is 2. The predicted molar refractivity (Wildman–Crippen MR) is 129 cm³/mol. The first-order valence-electron chi connectivity index (χ1n) is 10.2. The molecule has 0 aliphatic carbocycles. The van der Waals surface area contributed by atoms with Crippen LogP contribution in [0.1, 0.15) is 40.4 Å². The molecular weight excluding hydrogens is 463 g/mol. The molecule has 0 spiro atoms. The molecule has 2 amide bonds. The van der Waals surface area contributed by atoms with Crippen LogP contribution >= 0.6 is 23.2 Å². The molecule has 0 radical (unpaired) electrons. The molecule has 1 aliphatic rings. The number of aliphatic hydroxyl groups is 1. The van der Waals surface area contributed by atoms with Crippen molar-refractivity contribution in [3.8, 4) is 0 Å². The summed E-state index contributed by atoms with van der Waals surface area (Å²) in [7, 11) is 0. The third kappa shape index (κ3) is 5.92. The Morgan fingerprint density at radius 3 is 2.70 bits per heavy atom. The van der Waals surface area contributed by atoms with Gasteiger partial charge in [0.1, 0.15) is 0 Å². The molecule has 1 aliphatic heterocycles. The molecule has 2 atom stereocenters. The minimum atomic E-state index is -0.782. The van der Waals surface area contributed by atoms with Gasteiger partial charge in [-0.1, -0.05) is 72.3 Å². The van der Waals surface area contributed by atoms with E-state index in [-0.39, 0.29) is 19.1 Å². The number of allylic oxidation sites excluding steroid dienone is 2. The molecule has 3 rings (SSSR count). The van der Waals surface area contributed by atoms with Crippen LogP contribution in [0.3, 0.4) is 0 Å². The molecule has 0 saturated carbocycles. The molecule has 0 aromatic heterocycles. The van der Waals surface area contributed by atoms with E-state index in [0.29, 0.717) is 32.3 Å². The van der Waals surface area contributed by atoms with Crippen LogP contribution in [0.15, 0.2) is 78.4 Å². The Labute approximate surface area is 202 Å². The lowest BCUT2D eigenvalue weighted by atomic mass is 9.80. The number of hydroxylamine groups is 1. The van der Waals surface area contributed by atoms with E-state index in [9.17, 15) is 14.7 Å². The van der Waals surface area contributed by atoms with Crippen molar-refractivity contribution >= 4 is 35.0 Å². The minimum Gasteiger partial charge on any atom is -0.392 e. The van der Waals surface area contributed by atoms with Gasteiger partial charge in [-0.15, -0.1) is 0 Å². The molecule has 6 nitrogen and oxygen atoms in total. The van der Waals surface area contributed by atoms with E-state index in [1.54, 1.807) is 60.7 Å². The standard InChI is InChI=1S/C25H24Cl2N2O4/c1-3-6-16(13-30)11-15(2)14-33-29-25(32)22-18-7-4-5-8-19(18)24(31)28-23(22)20-10-9-17(26)12-21(20)27/h3-12,22-23,30H,1,13-14H2,2H3,(H,28,31)(H,29,32)/b15-11+,16-6+/t22-,23+/m1/s1. The van der Waals surface area contributed by atoms with Gasteiger partial charge in [-0.2, -0.15) is 0 Å². The Morgan fingerprint density at radius 1 is 1.24 bits per heavy atom. The summed E-state index contributed by atoms with van der Waals surface area (Å²) in [5.74, 6) is -1.51. The smallest absolute Gasteiger partial charge is 0.253 e. The fraction of sp³-hybridized carbons (Fsp3) is 0.200. The number of rotatable bonds is 8. The van der Waals surface area contributed by atoms with Crippen molar-refractivity contribution in [2.24, 2.45) is 0 Å². The highest BCUT2D eigenvalue weighted by Gasteiger charge is 2.40. The molecule has 0 saturated heterocycles. The number of aliphatic hydroxyl groups excluding tert-OH is 1. The Balaban J connectivity index is 1.85. The van der Waals surface area contributed by atoms with Crippen LogP contribution in [0.25, 0.3) is 0 Å². The molecule has 0 unspecified atom stereocenters. The van der Waals surface area contributed by atoms with Gasteiger partial charge in [-0.25, -0.2) is 5.48 Å². The van der Waals surface area contributed by atoms with Crippen molar-refractivity contribution in [2.45, 2.75) is 18.9 Å². The van der Waals surface area contributed by atoms with Crippen molar-refractivity contribution < 1.29 is 19.5 Å². The molecule has 3 N–H and O–H groups in total. The number of hydrogen-bond acceptors (Lipinski definition) is 4. The molecule has 33 heavy (non-hydrogen) atoms. The Kier molecular flexibility index (Phi) is 8.47. The van der Waals surface area contributed by atoms with Gasteiger partial charge in [0, 0.05) is 15.6 Å². The van der Waals surface area contributed by atoms with E-state index in [1.807, 2.05) is 6.92 Å². The molecule has 1 heterocycles. The lowest BCUT2D eigenvalue weighted by Crippen LogP contribution is -2.44. The number of fused-ring (bicyclic) bond motifs is 1. The maximum atomic E-state index is 13.3. The number of hydrogen-bond donors (Lipinski definition) is 3. The summed E-state index contributed by atoms with van der Waals surface area (Å²) in [4.78, 5) is 31.4. The van der Waals surface area contributed by atoms with Crippen molar-refractivity contribution in [1.29, 1.82) is 0 Å². The number of benzene rings is 2. The van der Waals surface area contributed by atoms with Crippen LogP contribution in [0.5, 0.6) is 0 Å². The molecule has 2 aromatic carbocycles. The second kappa shape index (κ2) is 11.3. The van der Waals surface area contributed by atoms with E-state index >= 15 is 0 Å². The van der Waals surface area contributed by atoms with Gasteiger partial charge >= 0.3 is 0 Å². The molecular formula is C25H24Cl2N2O4. The maximum absolute atomic E-state index is 13.3. The van der Waals surface area contributed by atoms with Crippen LogP contribution in [0.4, 0.5) is 0 Å². The maximum Gasteiger partial charge on any atom is 0.253 e. The molecule has 2 aromatic rings. The second-order valence-corrected chi connectivity index (χ2v) is 8.41. The molecule has 172 valence electrons. The van der Waals surface area contributed by atoms with Crippen molar-refractivity contribution in [3.05, 3.63) is 105 Å². The first-order chi connectivity index (χ1) is 15.8. The first kappa shape index (κ1) is 24.7. The van der Waals surface area contributed by atoms with E-state index in [4.69, 9.17) is 28.0 Å². The highest BCUT2D eigenvalue weighted by molar-refractivity contribution is 6.35. The summed E-state index contributed by atoms with van der Waals surface area (Å²) < 4.78 is 0. The topological polar surface area (TPSA) is 87.7 Å². The van der Waals surface area contributed by atoms with Crippen LogP contribution < -0.4 is 10.8 Å². The predicted octanol–water partition coefficient (Wildman–Crippen LogP) is 4.66. The Hall–Kier alpha value is -2.90. The fourth-order valence-corrected chi connectivity index (χ4v) is 4.23. The average Bonchev–Trinajstić information content (AvgIpc) is 2.78. The van der Waals surface area contributed by atoms with Gasteiger partial charge in [0.2, 0.25) is 0 Å². The average molecular weight is 487 g/mol. The quantitative estimate of drug-likeness (QED) is 0.374. The van der Waals surface area contributed by atoms with E-state index in [2.05, 4.69) is 17.4 Å². The first-order valence-corrected chi connectivity index (χ1v) is 11.0. The molecule has 0 fully saturated rings. The van der Waals surface area contributed by atoms with Crippen LogP contribution in [0, 0.1) is 0 Å². The zero-order valence-corrected chi connectivity index (χ0v) is 19.5. The third-order valence-electron chi connectivity index (χ3n) is 5.16. The zero-order valence-electron chi connectivity index (χ0n) is 18.0. The zero-order chi connectivity index (χ0) is 24.0. The van der Waals surface area contributed by atoms with Gasteiger partial charge in [0.25, 0.3) is 11.8 Å². The van der Waals surface area contributed by atoms with E-state index < -0.39 is 17.9 Å². The molecule has 8 heteroatoms. The SMILES string of the molecule is C=C/C=C(\C=C(/C)CONC(=O)[C@@H]1c2ccccc2C(=O)N[C@H]1c1ccc(Cl)cc1Cl)CO. The summed E-state index contributed by atoms with van der Waals surface area (Å²) in [6, 6.07) is 11.1. The summed E-state index contributed by atoms with van der Waals surface area (Å²) in [5.41, 5.74) is 5.50. The van der Waals surface area contributed by atoms with Crippen LogP contribution in [-0.4, -0.2) is 30.1 Å². The highest BCUT2D eigenvalue weighted by Crippen LogP contribution is 2.40. The number of halogens is 2. The number of amides is 2. The van der Waals surface area contributed by atoms with E-state index in [0.717, 1.165) is 5.57 Å². The van der Waals surface area contributed by atoms with Gasteiger partial charge in [-0.05, 0) is 47.4 Å². The largest absolute Gasteiger partial charge is 0.392 e. The van der Waals surface area contributed by atoms with Crippen molar-refractivity contribution in [1.82, 2.24) is 10.8 Å². The van der Waals surface area contributed by atoms with Crippen molar-refractivity contribution in [2.75, 3.05) is 13.2 Å². The summed E-state index contributed by atoms with van der Waals surface area (Å²) in [6.07, 6.45) is 5.01. The second-order valence-electron chi connectivity index (χ2n) is 7.56. The van der Waals surface area contributed by atoms with E-state index in [1.165, 1.54) is 0 Å². The molecule has 0 bridgehead atoms. The summed E-state index contributed by atoms with van der Waals surface area (Å²) in [5, 5.41) is 13.0. The fourth-order valence-electron chi connectivity index (χ4n) is 3.70. The summed E-state index contributed by atoms with van der Waals surface area (Å²) in [6.45, 7) is 5.38. The third-order valence-corrected chi connectivity index (χ3v) is 5.72. The highest BCUT2D eigenvalue weighted by atomic mass is 35.5. The van der Waals surface area contributed by atoms with Crippen molar-refractivity contribution in [3.63, 3.8) is 0 Å². The minimum absolute atomic E-state index is 0.104. The Morgan fingerprint density at radius 2 is 2.00 bits per heavy atom. The normalized spacial score (nSPS) is 18.4. The van der Waals surface area contributed by atoms with Gasteiger partial charge in [0.05, 0.1) is 25.2 Å². The number of carbonyl (C=O) groups is 2. The van der Waals surface area contributed by atoms with Gasteiger partial charge in [0.15, 0.2) is 0 Å². The van der Waals surface area contributed by atoms with Gasteiger partial charge in [-0.3, -0.25) is 14.4 Å². The summed E-state index contributed by atoms with van der Waals surface area (Å²) >= 11 is 12.4. The van der Waals surface area contributed by atoms with Crippen LogP contribution in [-0.2, 0) is 9.63 Å².